The second kappa shape index (κ2) is 7.02. The maximum absolute atomic E-state index is 11.8. The Morgan fingerprint density at radius 3 is 2.67 bits per heavy atom. The van der Waals surface area contributed by atoms with E-state index >= 15 is 0 Å². The van der Waals surface area contributed by atoms with Crippen molar-refractivity contribution < 1.29 is 9.53 Å². The average Bonchev–Trinajstić information content (AvgIpc) is 2.91. The van der Waals surface area contributed by atoms with Crippen LogP contribution in [-0.4, -0.2) is 27.3 Å². The molecular formula is C16H21N3O2. The van der Waals surface area contributed by atoms with Crippen molar-refractivity contribution in [3.05, 3.63) is 47.5 Å². The number of nitrogens with zero attached hydrogens (tertiary/aromatic N) is 3. The first-order valence-corrected chi connectivity index (χ1v) is 7.25. The Morgan fingerprint density at radius 2 is 2.05 bits per heavy atom. The van der Waals surface area contributed by atoms with E-state index in [0.717, 1.165) is 18.7 Å². The zero-order valence-electron chi connectivity index (χ0n) is 12.7. The Balaban J connectivity index is 2.15. The fourth-order valence-electron chi connectivity index (χ4n) is 2.16. The van der Waals surface area contributed by atoms with Crippen molar-refractivity contribution in [3.8, 4) is 0 Å². The van der Waals surface area contributed by atoms with Gasteiger partial charge in [0.1, 0.15) is 0 Å². The van der Waals surface area contributed by atoms with E-state index in [0.29, 0.717) is 18.2 Å². The Labute approximate surface area is 125 Å². The summed E-state index contributed by atoms with van der Waals surface area (Å²) in [7, 11) is 0. The van der Waals surface area contributed by atoms with E-state index in [1.54, 1.807) is 19.3 Å². The van der Waals surface area contributed by atoms with Crippen LogP contribution in [0.2, 0.25) is 0 Å². The van der Waals surface area contributed by atoms with E-state index in [9.17, 15) is 4.79 Å². The van der Waals surface area contributed by atoms with Crippen molar-refractivity contribution in [1.29, 1.82) is 0 Å². The SMILES string of the molecule is CCOC(=O)c1cc(C(C)C)n(CCc2ccncc2)n1. The molecule has 0 amide bonds. The quantitative estimate of drug-likeness (QED) is 0.767. The molecule has 0 N–H and O–H groups in total. The predicted molar refractivity (Wildman–Crippen MR) is 80.2 cm³/mol. The first kappa shape index (κ1) is 15.2. The summed E-state index contributed by atoms with van der Waals surface area (Å²) in [5, 5.41) is 4.39. The lowest BCUT2D eigenvalue weighted by Gasteiger charge is -2.09. The van der Waals surface area contributed by atoms with Gasteiger partial charge in [0.2, 0.25) is 0 Å². The number of hydrogen-bond donors (Lipinski definition) is 0. The minimum atomic E-state index is -0.359. The standard InChI is InChI=1S/C16H21N3O2/c1-4-21-16(20)14-11-15(12(2)3)19(18-14)10-7-13-5-8-17-9-6-13/h5-6,8-9,11-12H,4,7,10H2,1-3H3. The number of carbonyl (C=O) groups excluding carboxylic acids is 1. The molecule has 0 aliphatic heterocycles. The smallest absolute Gasteiger partial charge is 0.358 e. The number of rotatable bonds is 6. The first-order chi connectivity index (χ1) is 10.1. The summed E-state index contributed by atoms with van der Waals surface area (Å²) in [5.74, 6) is -0.0554. The topological polar surface area (TPSA) is 57.0 Å². The lowest BCUT2D eigenvalue weighted by atomic mass is 10.1. The van der Waals surface area contributed by atoms with Gasteiger partial charge in [-0.05, 0) is 43.0 Å². The summed E-state index contributed by atoms with van der Waals surface area (Å²) in [6, 6.07) is 5.81. The molecule has 0 aliphatic rings. The summed E-state index contributed by atoms with van der Waals surface area (Å²) in [6.07, 6.45) is 4.42. The van der Waals surface area contributed by atoms with E-state index in [-0.39, 0.29) is 5.97 Å². The molecule has 5 heteroatoms. The molecule has 0 unspecified atom stereocenters. The Hall–Kier alpha value is -2.17. The molecule has 112 valence electrons. The third-order valence-electron chi connectivity index (χ3n) is 3.25. The second-order valence-corrected chi connectivity index (χ2v) is 5.16. The van der Waals surface area contributed by atoms with Crippen molar-refractivity contribution in [1.82, 2.24) is 14.8 Å². The highest BCUT2D eigenvalue weighted by Gasteiger charge is 2.17. The summed E-state index contributed by atoms with van der Waals surface area (Å²) >= 11 is 0. The predicted octanol–water partition coefficient (Wildman–Crippen LogP) is 2.82. The van der Waals surface area contributed by atoms with Crippen LogP contribution in [0.4, 0.5) is 0 Å². The van der Waals surface area contributed by atoms with Gasteiger partial charge in [-0.3, -0.25) is 9.67 Å². The van der Waals surface area contributed by atoms with Crippen molar-refractivity contribution in [3.63, 3.8) is 0 Å². The summed E-state index contributed by atoms with van der Waals surface area (Å²) < 4.78 is 6.92. The summed E-state index contributed by atoms with van der Waals surface area (Å²) in [5.41, 5.74) is 2.63. The average molecular weight is 287 g/mol. The third kappa shape index (κ3) is 3.90. The van der Waals surface area contributed by atoms with Crippen LogP contribution >= 0.6 is 0 Å². The minimum Gasteiger partial charge on any atom is -0.461 e. The van der Waals surface area contributed by atoms with Crippen LogP contribution in [0.1, 0.15) is 48.4 Å². The maximum atomic E-state index is 11.8. The van der Waals surface area contributed by atoms with Gasteiger partial charge in [-0.15, -0.1) is 0 Å². The van der Waals surface area contributed by atoms with Gasteiger partial charge in [-0.25, -0.2) is 4.79 Å². The fraction of sp³-hybridized carbons (Fsp3) is 0.438. The number of aromatic nitrogens is 3. The largest absolute Gasteiger partial charge is 0.461 e. The molecule has 2 heterocycles. The van der Waals surface area contributed by atoms with Gasteiger partial charge in [0.15, 0.2) is 5.69 Å². The molecule has 0 spiro atoms. The number of aryl methyl sites for hydroxylation is 2. The molecule has 0 fully saturated rings. The van der Waals surface area contributed by atoms with Gasteiger partial charge in [0, 0.05) is 24.6 Å². The lowest BCUT2D eigenvalue weighted by Crippen LogP contribution is -2.10. The normalized spacial score (nSPS) is 10.9. The van der Waals surface area contributed by atoms with E-state index in [2.05, 4.69) is 23.9 Å². The molecule has 2 rings (SSSR count). The Kier molecular flexibility index (Phi) is 5.09. The number of carbonyl (C=O) groups is 1. The van der Waals surface area contributed by atoms with Crippen LogP contribution < -0.4 is 0 Å². The number of pyridine rings is 1. The zero-order chi connectivity index (χ0) is 15.2. The van der Waals surface area contributed by atoms with E-state index in [1.807, 2.05) is 22.9 Å². The molecular weight excluding hydrogens is 266 g/mol. The van der Waals surface area contributed by atoms with Crippen molar-refractivity contribution in [2.24, 2.45) is 0 Å². The Bertz CT molecular complexity index is 591. The second-order valence-electron chi connectivity index (χ2n) is 5.16. The molecule has 0 radical (unpaired) electrons. The molecule has 0 aliphatic carbocycles. The van der Waals surface area contributed by atoms with Crippen molar-refractivity contribution in [2.75, 3.05) is 6.61 Å². The number of hydrogen-bond acceptors (Lipinski definition) is 4. The molecule has 0 saturated heterocycles. The maximum Gasteiger partial charge on any atom is 0.358 e. The van der Waals surface area contributed by atoms with Crippen LogP contribution in [0.25, 0.3) is 0 Å². The molecule has 0 bridgehead atoms. The molecule has 2 aromatic rings. The highest BCUT2D eigenvalue weighted by Crippen LogP contribution is 2.17. The van der Waals surface area contributed by atoms with Crippen molar-refractivity contribution >= 4 is 5.97 Å². The molecule has 2 aromatic heterocycles. The highest BCUT2D eigenvalue weighted by atomic mass is 16.5. The molecule has 5 nitrogen and oxygen atoms in total. The monoisotopic (exact) mass is 287 g/mol. The van der Waals surface area contributed by atoms with Crippen LogP contribution in [0, 0.1) is 0 Å². The lowest BCUT2D eigenvalue weighted by molar-refractivity contribution is 0.0518. The Morgan fingerprint density at radius 1 is 1.33 bits per heavy atom. The van der Waals surface area contributed by atoms with Crippen LogP contribution in [-0.2, 0) is 17.7 Å². The van der Waals surface area contributed by atoms with E-state index < -0.39 is 0 Å². The number of ether oxygens (including phenoxy) is 1. The molecule has 21 heavy (non-hydrogen) atoms. The van der Waals surface area contributed by atoms with Gasteiger partial charge in [-0.2, -0.15) is 5.10 Å². The van der Waals surface area contributed by atoms with Crippen molar-refractivity contribution in [2.45, 2.75) is 39.7 Å². The van der Waals surface area contributed by atoms with Gasteiger partial charge >= 0.3 is 5.97 Å². The van der Waals surface area contributed by atoms with E-state index in [4.69, 9.17) is 4.74 Å². The fourth-order valence-corrected chi connectivity index (χ4v) is 2.16. The summed E-state index contributed by atoms with van der Waals surface area (Å²) in [4.78, 5) is 15.8. The molecule has 0 aromatic carbocycles. The van der Waals surface area contributed by atoms with Gasteiger partial charge < -0.3 is 4.74 Å². The van der Waals surface area contributed by atoms with Gasteiger partial charge in [-0.1, -0.05) is 13.8 Å². The van der Waals surface area contributed by atoms with Crippen LogP contribution in [0.5, 0.6) is 0 Å². The summed E-state index contributed by atoms with van der Waals surface area (Å²) in [6.45, 7) is 7.07. The highest BCUT2D eigenvalue weighted by molar-refractivity contribution is 5.87. The third-order valence-corrected chi connectivity index (χ3v) is 3.25. The van der Waals surface area contributed by atoms with Crippen LogP contribution in [0.15, 0.2) is 30.6 Å². The zero-order valence-corrected chi connectivity index (χ0v) is 12.7. The first-order valence-electron chi connectivity index (χ1n) is 7.25. The molecule has 0 saturated carbocycles. The molecule has 0 atom stereocenters. The van der Waals surface area contributed by atoms with Crippen LogP contribution in [0.3, 0.4) is 0 Å². The minimum absolute atomic E-state index is 0.304. The van der Waals surface area contributed by atoms with Gasteiger partial charge in [0.25, 0.3) is 0 Å². The van der Waals surface area contributed by atoms with E-state index in [1.165, 1.54) is 5.56 Å². The number of esters is 1. The van der Waals surface area contributed by atoms with Gasteiger partial charge in [0.05, 0.1) is 6.61 Å².